The van der Waals surface area contributed by atoms with Gasteiger partial charge in [-0.2, -0.15) is 0 Å². The molecule has 3 atom stereocenters. The van der Waals surface area contributed by atoms with E-state index in [9.17, 15) is 14.7 Å². The fourth-order valence-electron chi connectivity index (χ4n) is 6.20. The Kier molecular flexibility index (Phi) is 8.49. The lowest BCUT2D eigenvalue weighted by Crippen LogP contribution is -2.35. The molecule has 2 aliphatic rings. The summed E-state index contributed by atoms with van der Waals surface area (Å²) in [4.78, 5) is 28.5. The van der Waals surface area contributed by atoms with Crippen molar-refractivity contribution in [3.63, 3.8) is 0 Å². The Morgan fingerprint density at radius 2 is 1.59 bits per heavy atom. The molecule has 8 heteroatoms. The molecule has 3 aromatic carbocycles. The molecule has 0 aliphatic carbocycles. The van der Waals surface area contributed by atoms with Gasteiger partial charge in [0.15, 0.2) is 11.5 Å². The second-order valence-corrected chi connectivity index (χ2v) is 10.6. The van der Waals surface area contributed by atoms with Crippen molar-refractivity contribution in [2.45, 2.75) is 52.0 Å². The molecule has 2 aliphatic heterocycles. The minimum Gasteiger partial charge on any atom is -0.497 e. The second-order valence-electron chi connectivity index (χ2n) is 10.6. The number of benzene rings is 3. The molecule has 0 radical (unpaired) electrons. The number of carboxylic acids is 1. The Bertz CT molecular complexity index is 1390. The molecule has 0 aromatic heterocycles. The van der Waals surface area contributed by atoms with Gasteiger partial charge in [0.1, 0.15) is 5.75 Å². The number of anilines is 1. The molecule has 1 fully saturated rings. The highest BCUT2D eigenvalue weighted by molar-refractivity contribution is 5.94. The smallest absolute Gasteiger partial charge is 0.309 e. The molecule has 0 unspecified atom stereocenters. The van der Waals surface area contributed by atoms with Crippen LogP contribution in [0.2, 0.25) is 0 Å². The van der Waals surface area contributed by atoms with E-state index in [1.165, 1.54) is 5.56 Å². The van der Waals surface area contributed by atoms with E-state index in [0.29, 0.717) is 23.8 Å². The highest BCUT2D eigenvalue weighted by atomic mass is 16.7. The number of carbonyl (C=O) groups is 2. The number of methoxy groups -OCH3 is 1. The monoisotopic (exact) mass is 558 g/mol. The highest BCUT2D eigenvalue weighted by Gasteiger charge is 2.48. The Labute approximate surface area is 241 Å². The first-order valence-electron chi connectivity index (χ1n) is 14.3. The molecular formula is C33H38N2O6. The van der Waals surface area contributed by atoms with Gasteiger partial charge in [0.05, 0.1) is 19.6 Å². The van der Waals surface area contributed by atoms with Crippen LogP contribution < -0.4 is 19.5 Å². The van der Waals surface area contributed by atoms with Crippen molar-refractivity contribution < 1.29 is 28.9 Å². The number of amides is 1. The van der Waals surface area contributed by atoms with Gasteiger partial charge in [0.2, 0.25) is 12.7 Å². The SMILES string of the molecule is CCc1cc(CC)c(NC(=O)CN2C[C@H](c3ccc4c(c3)OCO4)[C@@H](C(=O)O)[C@@H]2c2ccc(OC)cc2)c(CC)c1. The van der Waals surface area contributed by atoms with Crippen LogP contribution in [0.25, 0.3) is 0 Å². The molecule has 8 nitrogen and oxygen atoms in total. The number of fused-ring (bicyclic) bond motifs is 1. The van der Waals surface area contributed by atoms with E-state index in [2.05, 4.69) is 38.2 Å². The first kappa shape index (κ1) is 28.5. The molecular weight excluding hydrogens is 520 g/mol. The van der Waals surface area contributed by atoms with Crippen molar-refractivity contribution in [2.24, 2.45) is 5.92 Å². The number of rotatable bonds is 10. The second kappa shape index (κ2) is 12.2. The maximum atomic E-state index is 13.7. The highest BCUT2D eigenvalue weighted by Crippen LogP contribution is 2.47. The minimum absolute atomic E-state index is 0.0589. The number of hydrogen-bond acceptors (Lipinski definition) is 6. The Morgan fingerprint density at radius 1 is 0.927 bits per heavy atom. The Balaban J connectivity index is 1.48. The van der Waals surface area contributed by atoms with Crippen molar-refractivity contribution in [1.29, 1.82) is 0 Å². The number of carbonyl (C=O) groups excluding carboxylic acids is 1. The number of aryl methyl sites for hydroxylation is 3. The lowest BCUT2D eigenvalue weighted by Gasteiger charge is -2.27. The predicted molar refractivity (Wildman–Crippen MR) is 157 cm³/mol. The molecule has 41 heavy (non-hydrogen) atoms. The third kappa shape index (κ3) is 5.75. The van der Waals surface area contributed by atoms with Crippen LogP contribution in [-0.2, 0) is 28.9 Å². The number of aliphatic carboxylic acids is 1. The number of nitrogens with zero attached hydrogens (tertiary/aromatic N) is 1. The van der Waals surface area contributed by atoms with Crippen LogP contribution in [0.5, 0.6) is 17.2 Å². The van der Waals surface area contributed by atoms with Gasteiger partial charge in [-0.15, -0.1) is 0 Å². The fraction of sp³-hybridized carbons (Fsp3) is 0.394. The van der Waals surface area contributed by atoms with Crippen LogP contribution in [0.1, 0.15) is 60.5 Å². The summed E-state index contributed by atoms with van der Waals surface area (Å²) in [5.41, 5.74) is 6.03. The van der Waals surface area contributed by atoms with Crippen molar-refractivity contribution in [1.82, 2.24) is 4.90 Å². The molecule has 0 bridgehead atoms. The van der Waals surface area contributed by atoms with Gasteiger partial charge in [-0.1, -0.05) is 51.1 Å². The molecule has 0 spiro atoms. The van der Waals surface area contributed by atoms with Crippen molar-refractivity contribution in [3.05, 3.63) is 82.4 Å². The maximum absolute atomic E-state index is 13.7. The van der Waals surface area contributed by atoms with Crippen molar-refractivity contribution in [3.8, 4) is 17.2 Å². The molecule has 216 valence electrons. The van der Waals surface area contributed by atoms with Gasteiger partial charge in [0.25, 0.3) is 0 Å². The molecule has 1 saturated heterocycles. The fourth-order valence-corrected chi connectivity index (χ4v) is 6.20. The largest absolute Gasteiger partial charge is 0.497 e. The Hall–Kier alpha value is -4.04. The quantitative estimate of drug-likeness (QED) is 0.335. The summed E-state index contributed by atoms with van der Waals surface area (Å²) in [5, 5.41) is 13.7. The first-order chi connectivity index (χ1) is 19.9. The van der Waals surface area contributed by atoms with Crippen molar-refractivity contribution >= 4 is 17.6 Å². The van der Waals surface area contributed by atoms with Crippen molar-refractivity contribution in [2.75, 3.05) is 32.3 Å². The first-order valence-corrected chi connectivity index (χ1v) is 14.3. The van der Waals surface area contributed by atoms with Crippen LogP contribution >= 0.6 is 0 Å². The average molecular weight is 559 g/mol. The molecule has 0 saturated carbocycles. The topological polar surface area (TPSA) is 97.3 Å². The van der Waals surface area contributed by atoms with Gasteiger partial charge in [-0.25, -0.2) is 0 Å². The number of likely N-dealkylation sites (tertiary alicyclic amines) is 1. The van der Waals surface area contributed by atoms with Crippen LogP contribution in [0.15, 0.2) is 54.6 Å². The predicted octanol–water partition coefficient (Wildman–Crippen LogP) is 5.59. The Morgan fingerprint density at radius 3 is 2.20 bits per heavy atom. The average Bonchev–Trinajstić information content (AvgIpc) is 3.61. The summed E-state index contributed by atoms with van der Waals surface area (Å²) in [5.74, 6) is -0.265. The van der Waals surface area contributed by atoms with Crippen LogP contribution in [0.4, 0.5) is 5.69 Å². The van der Waals surface area contributed by atoms with Crippen LogP contribution in [0.3, 0.4) is 0 Å². The van der Waals surface area contributed by atoms with E-state index in [1.54, 1.807) is 7.11 Å². The van der Waals surface area contributed by atoms with E-state index >= 15 is 0 Å². The standard InChI is InChI=1S/C33H38N2O6/c1-5-20-14-21(6-2)31(22(7-3)15-20)34-29(36)18-35-17-26(24-10-13-27-28(16-24)41-19-40-27)30(33(37)38)32(35)23-8-11-25(39-4)12-9-23/h8-16,26,30,32H,5-7,17-19H2,1-4H3,(H,34,36)(H,37,38)/t26-,30-,32+/m1/s1. The molecule has 5 rings (SSSR count). The zero-order chi connectivity index (χ0) is 29.1. The zero-order valence-corrected chi connectivity index (χ0v) is 24.1. The number of ether oxygens (including phenoxy) is 3. The zero-order valence-electron chi connectivity index (χ0n) is 24.1. The maximum Gasteiger partial charge on any atom is 0.309 e. The van der Waals surface area contributed by atoms with Gasteiger partial charge in [-0.3, -0.25) is 14.5 Å². The van der Waals surface area contributed by atoms with Crippen LogP contribution in [-0.4, -0.2) is 48.9 Å². The number of nitrogens with one attached hydrogen (secondary N) is 1. The van der Waals surface area contributed by atoms with E-state index in [0.717, 1.165) is 47.2 Å². The molecule has 3 aromatic rings. The van der Waals surface area contributed by atoms with Gasteiger partial charge >= 0.3 is 5.97 Å². The van der Waals surface area contributed by atoms with E-state index in [-0.39, 0.29) is 25.2 Å². The van der Waals surface area contributed by atoms with Gasteiger partial charge in [-0.05, 0) is 71.3 Å². The van der Waals surface area contributed by atoms with Gasteiger partial charge < -0.3 is 24.6 Å². The lowest BCUT2D eigenvalue weighted by atomic mass is 9.82. The lowest BCUT2D eigenvalue weighted by molar-refractivity contribution is -0.143. The van der Waals surface area contributed by atoms with Gasteiger partial charge in [0, 0.05) is 24.2 Å². The summed E-state index contributed by atoms with van der Waals surface area (Å²) >= 11 is 0. The number of carboxylic acid groups (broad SMARTS) is 1. The normalized spacial score (nSPS) is 19.8. The minimum atomic E-state index is -0.909. The van der Waals surface area contributed by atoms with E-state index in [1.807, 2.05) is 47.4 Å². The van der Waals surface area contributed by atoms with E-state index < -0.39 is 17.9 Å². The summed E-state index contributed by atoms with van der Waals surface area (Å²) in [6.07, 6.45) is 2.55. The third-order valence-corrected chi connectivity index (χ3v) is 8.31. The van der Waals surface area contributed by atoms with Crippen LogP contribution in [0, 0.1) is 5.92 Å². The molecule has 2 N–H and O–H groups in total. The molecule has 1 amide bonds. The summed E-state index contributed by atoms with van der Waals surface area (Å²) < 4.78 is 16.4. The summed E-state index contributed by atoms with van der Waals surface area (Å²) in [6, 6.07) is 16.9. The summed E-state index contributed by atoms with van der Waals surface area (Å²) in [7, 11) is 1.60. The van der Waals surface area contributed by atoms with E-state index in [4.69, 9.17) is 14.2 Å². The molecule has 2 heterocycles. The number of hydrogen-bond donors (Lipinski definition) is 2. The summed E-state index contributed by atoms with van der Waals surface area (Å²) in [6.45, 7) is 6.93. The third-order valence-electron chi connectivity index (χ3n) is 8.31.